The Bertz CT molecular complexity index is 268. The maximum absolute atomic E-state index is 12.3. The lowest BCUT2D eigenvalue weighted by Gasteiger charge is -2.25. The van der Waals surface area contributed by atoms with E-state index in [-0.39, 0.29) is 0 Å². The van der Waals surface area contributed by atoms with E-state index >= 15 is 0 Å². The van der Waals surface area contributed by atoms with Gasteiger partial charge in [0.05, 0.1) is 0 Å². The molecule has 0 heterocycles. The van der Waals surface area contributed by atoms with Gasteiger partial charge in [-0.2, -0.15) is 13.2 Å². The number of rotatable bonds is 4. The number of ether oxygens (including phenoxy) is 1. The Labute approximate surface area is 84.0 Å². The molecule has 0 aliphatic carbocycles. The molecule has 0 saturated heterocycles. The van der Waals surface area contributed by atoms with Crippen LogP contribution in [0.2, 0.25) is 0 Å². The molecule has 0 aliphatic heterocycles. The third-order valence-electron chi connectivity index (χ3n) is 1.35. The van der Waals surface area contributed by atoms with E-state index in [0.717, 1.165) is 21.1 Å². The molecule has 15 heavy (non-hydrogen) atoms. The quantitative estimate of drug-likeness (QED) is 0.563. The largest absolute Gasteiger partial charge is 0.440 e. The average molecular weight is 250 g/mol. The maximum Gasteiger partial charge on any atom is 0.437 e. The summed E-state index contributed by atoms with van der Waals surface area (Å²) in [4.78, 5) is 10.4. The zero-order valence-electron chi connectivity index (χ0n) is 8.20. The highest BCUT2D eigenvalue weighted by Gasteiger charge is 2.56. The first-order valence-corrected chi connectivity index (χ1v) is 5.23. The van der Waals surface area contributed by atoms with Crippen molar-refractivity contribution in [3.05, 3.63) is 0 Å². The van der Waals surface area contributed by atoms with E-state index < -0.39 is 25.6 Å². The molecule has 0 rings (SSSR count). The van der Waals surface area contributed by atoms with Crippen molar-refractivity contribution in [3.8, 4) is 0 Å². The van der Waals surface area contributed by atoms with E-state index in [2.05, 4.69) is 13.8 Å². The van der Waals surface area contributed by atoms with Crippen LogP contribution in [0.4, 0.5) is 13.2 Å². The summed E-state index contributed by atoms with van der Waals surface area (Å²) in [6.07, 6.45) is -5.02. The number of carbonyl (C=O) groups excluding carboxylic acids is 1. The molecule has 0 aromatic carbocycles. The van der Waals surface area contributed by atoms with E-state index in [1.165, 1.54) is 0 Å². The van der Waals surface area contributed by atoms with Crippen molar-refractivity contribution in [2.75, 3.05) is 14.2 Å². The summed E-state index contributed by atoms with van der Waals surface area (Å²) in [5.41, 5.74) is 0. The van der Waals surface area contributed by atoms with Crippen LogP contribution < -0.4 is 0 Å². The van der Waals surface area contributed by atoms with E-state index in [9.17, 15) is 22.5 Å². The third kappa shape index (κ3) is 3.81. The normalized spacial score (nSPS) is 14.8. The number of alkyl halides is 3. The summed E-state index contributed by atoms with van der Waals surface area (Å²) < 4.78 is 60.5. The molecule has 90 valence electrons. The summed E-state index contributed by atoms with van der Waals surface area (Å²) in [5, 5.41) is 0. The molecule has 1 atom stereocenters. The SMILES string of the molecule is COP(=O)(OC)C(OC(C)=O)C(F)(F)F. The molecule has 0 bridgehead atoms. The molecule has 0 aliphatic rings. The van der Waals surface area contributed by atoms with Crippen molar-refractivity contribution in [1.82, 2.24) is 0 Å². The molecule has 5 nitrogen and oxygen atoms in total. The molecule has 9 heteroatoms. The van der Waals surface area contributed by atoms with Crippen molar-refractivity contribution in [3.63, 3.8) is 0 Å². The summed E-state index contributed by atoms with van der Waals surface area (Å²) in [7, 11) is -2.99. The molecule has 0 radical (unpaired) electrons. The number of hydrogen-bond donors (Lipinski definition) is 0. The highest BCUT2D eigenvalue weighted by Crippen LogP contribution is 2.57. The van der Waals surface area contributed by atoms with Crippen molar-refractivity contribution in [1.29, 1.82) is 0 Å². The van der Waals surface area contributed by atoms with E-state index in [4.69, 9.17) is 0 Å². The summed E-state index contributed by atoms with van der Waals surface area (Å²) in [6.45, 7) is 0.758. The molecule has 1 unspecified atom stereocenters. The van der Waals surface area contributed by atoms with Gasteiger partial charge in [-0.15, -0.1) is 0 Å². The summed E-state index contributed by atoms with van der Waals surface area (Å²) in [6, 6.07) is 0. The molecular weight excluding hydrogens is 240 g/mol. The molecule has 0 aromatic heterocycles. The van der Waals surface area contributed by atoms with E-state index in [1.807, 2.05) is 0 Å². The molecule has 0 amide bonds. The van der Waals surface area contributed by atoms with Crippen molar-refractivity contribution in [2.24, 2.45) is 0 Å². The zero-order chi connectivity index (χ0) is 12.3. The second-order valence-corrected chi connectivity index (χ2v) is 4.69. The van der Waals surface area contributed by atoms with Crippen molar-refractivity contribution >= 4 is 13.6 Å². The number of esters is 1. The summed E-state index contributed by atoms with van der Waals surface area (Å²) >= 11 is 0. The predicted octanol–water partition coefficient (Wildman–Crippen LogP) is 1.92. The van der Waals surface area contributed by atoms with Gasteiger partial charge in [0, 0.05) is 21.1 Å². The minimum absolute atomic E-state index is 0.758. The first-order valence-electron chi connectivity index (χ1n) is 3.62. The van der Waals surface area contributed by atoms with Crippen LogP contribution in [0.1, 0.15) is 6.92 Å². The fourth-order valence-corrected chi connectivity index (χ4v) is 1.90. The van der Waals surface area contributed by atoms with Crippen LogP contribution in [0.3, 0.4) is 0 Å². The van der Waals surface area contributed by atoms with Gasteiger partial charge in [0.15, 0.2) is 0 Å². The smallest absolute Gasteiger partial charge is 0.437 e. The van der Waals surface area contributed by atoms with Crippen LogP contribution in [0, 0.1) is 0 Å². The third-order valence-corrected chi connectivity index (χ3v) is 3.34. The molecule has 0 aromatic rings. The van der Waals surface area contributed by atoms with Crippen molar-refractivity contribution in [2.45, 2.75) is 18.9 Å². The van der Waals surface area contributed by atoms with Crippen LogP contribution >= 0.6 is 7.60 Å². The standard InChI is InChI=1S/C6H10F3O5P/c1-4(10)14-5(6(7,8)9)15(11,12-2)13-3/h5H,1-3H3. The topological polar surface area (TPSA) is 61.8 Å². The Hall–Kier alpha value is -0.590. The number of halogens is 3. The summed E-state index contributed by atoms with van der Waals surface area (Å²) in [5.74, 6) is -4.14. The molecule has 0 N–H and O–H groups in total. The lowest BCUT2D eigenvalue weighted by Crippen LogP contribution is -2.34. The monoisotopic (exact) mass is 250 g/mol. The maximum atomic E-state index is 12.3. The Morgan fingerprint density at radius 1 is 1.27 bits per heavy atom. The number of carbonyl (C=O) groups is 1. The second kappa shape index (κ2) is 4.96. The molecular formula is C6H10F3O5P. The van der Waals surface area contributed by atoms with Gasteiger partial charge in [-0.1, -0.05) is 0 Å². The zero-order valence-corrected chi connectivity index (χ0v) is 9.09. The Morgan fingerprint density at radius 2 is 1.67 bits per heavy atom. The highest BCUT2D eigenvalue weighted by molar-refractivity contribution is 7.54. The van der Waals surface area contributed by atoms with Crippen LogP contribution in [0.5, 0.6) is 0 Å². The van der Waals surface area contributed by atoms with Crippen LogP contribution in [-0.2, 0) is 23.1 Å². The van der Waals surface area contributed by atoms with Crippen molar-refractivity contribution < 1.29 is 36.3 Å². The van der Waals surface area contributed by atoms with Gasteiger partial charge in [0.2, 0.25) is 0 Å². The van der Waals surface area contributed by atoms with Gasteiger partial charge in [0.1, 0.15) is 0 Å². The van der Waals surface area contributed by atoms with Gasteiger partial charge in [-0.25, -0.2) is 0 Å². The second-order valence-electron chi connectivity index (χ2n) is 2.41. The highest BCUT2D eigenvalue weighted by atomic mass is 31.2. The first kappa shape index (κ1) is 14.4. The Balaban J connectivity index is 5.10. The predicted molar refractivity (Wildman–Crippen MR) is 43.2 cm³/mol. The van der Waals surface area contributed by atoms with Gasteiger partial charge >= 0.3 is 19.7 Å². The fraction of sp³-hybridized carbons (Fsp3) is 0.833. The molecule has 0 fully saturated rings. The van der Waals surface area contributed by atoms with E-state index in [0.29, 0.717) is 0 Å². The van der Waals surface area contributed by atoms with Crippen LogP contribution in [-0.4, -0.2) is 32.2 Å². The van der Waals surface area contributed by atoms with Crippen LogP contribution in [0.15, 0.2) is 0 Å². The van der Waals surface area contributed by atoms with Gasteiger partial charge < -0.3 is 13.8 Å². The first-order chi connectivity index (χ1) is 6.67. The van der Waals surface area contributed by atoms with Gasteiger partial charge in [0.25, 0.3) is 5.85 Å². The fourth-order valence-electron chi connectivity index (χ4n) is 0.734. The van der Waals surface area contributed by atoms with Crippen LogP contribution in [0.25, 0.3) is 0 Å². The van der Waals surface area contributed by atoms with Gasteiger partial charge in [-0.3, -0.25) is 9.36 Å². The lowest BCUT2D eigenvalue weighted by atomic mass is 10.7. The lowest BCUT2D eigenvalue weighted by molar-refractivity contribution is -0.202. The number of hydrogen-bond acceptors (Lipinski definition) is 5. The van der Waals surface area contributed by atoms with Gasteiger partial charge in [-0.05, 0) is 0 Å². The average Bonchev–Trinajstić information content (AvgIpc) is 2.11. The minimum Gasteiger partial charge on any atom is -0.440 e. The Morgan fingerprint density at radius 3 is 1.87 bits per heavy atom. The van der Waals surface area contributed by atoms with E-state index in [1.54, 1.807) is 0 Å². The molecule has 0 spiro atoms. The minimum atomic E-state index is -5.02. The Kier molecular flexibility index (Phi) is 4.76. The molecule has 0 saturated carbocycles.